The number of imidazole rings is 1. The van der Waals surface area contributed by atoms with Crippen LogP contribution in [0.25, 0.3) is 11.2 Å². The number of aromatic amines is 2. The third-order valence-corrected chi connectivity index (χ3v) is 4.23. The number of ether oxygens (including phenoxy) is 2. The number of carbonyl (C=O) groups is 1. The van der Waals surface area contributed by atoms with Gasteiger partial charge in [-0.1, -0.05) is 18.2 Å². The van der Waals surface area contributed by atoms with Crippen molar-refractivity contribution in [1.82, 2.24) is 15.0 Å². The Balaban J connectivity index is 1.44. The van der Waals surface area contributed by atoms with Crippen LogP contribution in [0.15, 0.2) is 65.6 Å². The second-order valence-electron chi connectivity index (χ2n) is 6.66. The molecule has 1 amide bonds. The van der Waals surface area contributed by atoms with Crippen molar-refractivity contribution < 1.29 is 27.4 Å². The quantitative estimate of drug-likeness (QED) is 0.415. The van der Waals surface area contributed by atoms with E-state index in [9.17, 15) is 22.8 Å². The summed E-state index contributed by atoms with van der Waals surface area (Å²) in [6.07, 6.45) is -3.49. The number of rotatable bonds is 6. The van der Waals surface area contributed by atoms with Crippen LogP contribution in [0, 0.1) is 0 Å². The van der Waals surface area contributed by atoms with Gasteiger partial charge in [-0.25, -0.2) is 9.78 Å². The molecule has 2 heterocycles. The van der Waals surface area contributed by atoms with E-state index in [0.29, 0.717) is 33.9 Å². The number of halogens is 3. The summed E-state index contributed by atoms with van der Waals surface area (Å²) in [5.74, 6) is -0.0894. The Hall–Kier alpha value is -4.28. The molecule has 0 aliphatic heterocycles. The van der Waals surface area contributed by atoms with Gasteiger partial charge in [-0.15, -0.1) is 13.2 Å². The van der Waals surface area contributed by atoms with E-state index < -0.39 is 23.7 Å². The number of amides is 1. The normalized spacial score (nSPS) is 11.3. The number of fused-ring (bicyclic) bond motifs is 1. The SMILES string of the molecule is O=C(Cc1cccc(OC(F)(F)F)c1)Nc1cccc(Oc2ccnc3[nH]c(=O)[nH]c23)c1. The van der Waals surface area contributed by atoms with Crippen molar-refractivity contribution in [2.45, 2.75) is 12.8 Å². The first-order valence-electron chi connectivity index (χ1n) is 9.25. The van der Waals surface area contributed by atoms with Gasteiger partial charge in [-0.3, -0.25) is 9.78 Å². The van der Waals surface area contributed by atoms with Gasteiger partial charge in [-0.2, -0.15) is 0 Å². The summed E-state index contributed by atoms with van der Waals surface area (Å²) < 4.78 is 46.8. The molecule has 0 radical (unpaired) electrons. The van der Waals surface area contributed by atoms with Crippen molar-refractivity contribution in [3.8, 4) is 17.2 Å². The third-order valence-electron chi connectivity index (χ3n) is 4.23. The number of hydrogen-bond acceptors (Lipinski definition) is 5. The molecule has 4 aromatic rings. The predicted octanol–water partition coefficient (Wildman–Crippen LogP) is 4.12. The first-order valence-corrected chi connectivity index (χ1v) is 9.25. The lowest BCUT2D eigenvalue weighted by Gasteiger charge is -2.11. The molecule has 3 N–H and O–H groups in total. The highest BCUT2D eigenvalue weighted by Gasteiger charge is 2.31. The van der Waals surface area contributed by atoms with Crippen LogP contribution in [-0.4, -0.2) is 27.2 Å². The molecule has 0 atom stereocenters. The number of nitrogens with zero attached hydrogens (tertiary/aromatic N) is 1. The second kappa shape index (κ2) is 8.46. The smallest absolute Gasteiger partial charge is 0.455 e. The fourth-order valence-electron chi connectivity index (χ4n) is 3.00. The zero-order chi connectivity index (χ0) is 22.7. The number of aromatic nitrogens is 3. The van der Waals surface area contributed by atoms with Crippen LogP contribution in [0.2, 0.25) is 0 Å². The molecule has 8 nitrogen and oxygen atoms in total. The van der Waals surface area contributed by atoms with Crippen LogP contribution in [0.1, 0.15) is 5.56 Å². The summed E-state index contributed by atoms with van der Waals surface area (Å²) >= 11 is 0. The Morgan fingerprint density at radius 2 is 1.81 bits per heavy atom. The molecule has 2 aromatic heterocycles. The van der Waals surface area contributed by atoms with E-state index in [0.717, 1.165) is 12.1 Å². The lowest BCUT2D eigenvalue weighted by atomic mass is 10.1. The zero-order valence-corrected chi connectivity index (χ0v) is 16.2. The van der Waals surface area contributed by atoms with Crippen LogP contribution in [0.3, 0.4) is 0 Å². The van der Waals surface area contributed by atoms with Crippen LogP contribution >= 0.6 is 0 Å². The van der Waals surface area contributed by atoms with Crippen molar-refractivity contribution in [2.75, 3.05) is 5.32 Å². The van der Waals surface area contributed by atoms with Gasteiger partial charge in [0, 0.05) is 24.0 Å². The summed E-state index contributed by atoms with van der Waals surface area (Å²) in [7, 11) is 0. The Morgan fingerprint density at radius 3 is 2.62 bits per heavy atom. The number of benzene rings is 2. The fourth-order valence-corrected chi connectivity index (χ4v) is 3.00. The Labute approximate surface area is 178 Å². The maximum Gasteiger partial charge on any atom is 0.573 e. The van der Waals surface area contributed by atoms with Gasteiger partial charge < -0.3 is 19.8 Å². The molecule has 0 saturated carbocycles. The van der Waals surface area contributed by atoms with E-state index in [-0.39, 0.29) is 6.42 Å². The number of alkyl halides is 3. The lowest BCUT2D eigenvalue weighted by molar-refractivity contribution is -0.274. The molecule has 2 aromatic carbocycles. The molecule has 0 aliphatic rings. The van der Waals surface area contributed by atoms with Crippen LogP contribution in [0.4, 0.5) is 18.9 Å². The summed E-state index contributed by atoms with van der Waals surface area (Å²) in [5, 5.41) is 2.67. The molecule has 0 unspecified atom stereocenters. The van der Waals surface area contributed by atoms with Gasteiger partial charge in [0.1, 0.15) is 17.0 Å². The Bertz CT molecular complexity index is 1330. The molecular formula is C21H15F3N4O4. The van der Waals surface area contributed by atoms with Crippen molar-refractivity contribution in [2.24, 2.45) is 0 Å². The van der Waals surface area contributed by atoms with E-state index >= 15 is 0 Å². The minimum atomic E-state index is -4.81. The Kier molecular flexibility index (Phi) is 5.54. The number of H-pyrrole nitrogens is 2. The predicted molar refractivity (Wildman–Crippen MR) is 109 cm³/mol. The highest BCUT2D eigenvalue weighted by molar-refractivity contribution is 5.92. The van der Waals surface area contributed by atoms with Gasteiger partial charge in [0.05, 0.1) is 6.42 Å². The maximum absolute atomic E-state index is 12.4. The maximum atomic E-state index is 12.4. The number of carbonyl (C=O) groups excluding carboxylic acids is 1. The summed E-state index contributed by atoms with van der Waals surface area (Å²) in [5.41, 5.74) is 1.09. The van der Waals surface area contributed by atoms with Gasteiger partial charge >= 0.3 is 12.1 Å². The standard InChI is InChI=1S/C21H15F3N4O4/c22-21(23,24)32-15-6-1-3-12(9-15)10-17(29)26-13-4-2-5-14(11-13)31-16-7-8-25-19-18(16)27-20(30)28-19/h1-9,11H,10H2,(H,26,29)(H2,25,27,28,30). The molecule has 4 rings (SSSR count). The van der Waals surface area contributed by atoms with E-state index in [1.54, 1.807) is 30.3 Å². The molecule has 0 bridgehead atoms. The van der Waals surface area contributed by atoms with Gasteiger partial charge in [0.15, 0.2) is 11.4 Å². The van der Waals surface area contributed by atoms with Crippen LogP contribution < -0.4 is 20.5 Å². The average molecular weight is 444 g/mol. The van der Waals surface area contributed by atoms with E-state index in [2.05, 4.69) is 25.0 Å². The van der Waals surface area contributed by atoms with Gasteiger partial charge in [0.2, 0.25) is 5.91 Å². The van der Waals surface area contributed by atoms with E-state index in [1.807, 2.05) is 0 Å². The van der Waals surface area contributed by atoms with Crippen LogP contribution in [0.5, 0.6) is 17.2 Å². The Morgan fingerprint density at radius 1 is 1.03 bits per heavy atom. The number of hydrogen-bond donors (Lipinski definition) is 3. The molecular weight excluding hydrogens is 429 g/mol. The van der Waals surface area contributed by atoms with Crippen molar-refractivity contribution in [1.29, 1.82) is 0 Å². The molecule has 164 valence electrons. The monoisotopic (exact) mass is 444 g/mol. The van der Waals surface area contributed by atoms with Crippen molar-refractivity contribution in [3.63, 3.8) is 0 Å². The highest BCUT2D eigenvalue weighted by Crippen LogP contribution is 2.28. The van der Waals surface area contributed by atoms with Crippen molar-refractivity contribution in [3.05, 3.63) is 76.8 Å². The highest BCUT2D eigenvalue weighted by atomic mass is 19.4. The first-order chi connectivity index (χ1) is 15.2. The molecule has 0 fully saturated rings. The fraction of sp³-hybridized carbons (Fsp3) is 0.0952. The number of nitrogens with one attached hydrogen (secondary N) is 3. The summed E-state index contributed by atoms with van der Waals surface area (Å²) in [6, 6.07) is 13.3. The zero-order valence-electron chi connectivity index (χ0n) is 16.2. The summed E-state index contributed by atoms with van der Waals surface area (Å²) in [6.45, 7) is 0. The molecule has 32 heavy (non-hydrogen) atoms. The minimum absolute atomic E-state index is 0.157. The number of anilines is 1. The lowest BCUT2D eigenvalue weighted by Crippen LogP contribution is -2.17. The number of pyridine rings is 1. The molecule has 0 saturated heterocycles. The van der Waals surface area contributed by atoms with E-state index in [1.165, 1.54) is 18.3 Å². The molecule has 0 aliphatic carbocycles. The van der Waals surface area contributed by atoms with Gasteiger partial charge in [-0.05, 0) is 29.8 Å². The second-order valence-corrected chi connectivity index (χ2v) is 6.66. The van der Waals surface area contributed by atoms with E-state index in [4.69, 9.17) is 4.74 Å². The third kappa shape index (κ3) is 5.25. The topological polar surface area (TPSA) is 109 Å². The molecule has 0 spiro atoms. The minimum Gasteiger partial charge on any atom is -0.455 e. The van der Waals surface area contributed by atoms with Gasteiger partial charge in [0.25, 0.3) is 0 Å². The summed E-state index contributed by atoms with van der Waals surface area (Å²) in [4.78, 5) is 33.0. The van der Waals surface area contributed by atoms with Crippen LogP contribution in [-0.2, 0) is 11.2 Å². The average Bonchev–Trinajstić information content (AvgIpc) is 3.08. The first kappa shape index (κ1) is 21.0. The van der Waals surface area contributed by atoms with Crippen molar-refractivity contribution >= 4 is 22.8 Å². The molecule has 11 heteroatoms. The largest absolute Gasteiger partial charge is 0.573 e.